The Bertz CT molecular complexity index is 1790. The summed E-state index contributed by atoms with van der Waals surface area (Å²) in [5.74, 6) is -0.0231. The van der Waals surface area contributed by atoms with Crippen LogP contribution in [0.4, 0.5) is 21.4 Å². The minimum absolute atomic E-state index is 0.0248. The molecular weight excluding hydrogens is 572 g/mol. The monoisotopic (exact) mass is 598 g/mol. The lowest BCUT2D eigenvalue weighted by Crippen LogP contribution is -2.54. The van der Waals surface area contributed by atoms with Crippen LogP contribution in [0.5, 0.6) is 0 Å². The Balaban J connectivity index is 1.16. The quantitative estimate of drug-likeness (QED) is 0.106. The van der Waals surface area contributed by atoms with Crippen molar-refractivity contribution < 1.29 is 29.3 Å². The van der Waals surface area contributed by atoms with Gasteiger partial charge in [0.05, 0.1) is 18.7 Å². The molecule has 8 unspecified atom stereocenters. The highest BCUT2D eigenvalue weighted by Crippen LogP contribution is 2.33. The van der Waals surface area contributed by atoms with E-state index in [1.54, 1.807) is 0 Å². The number of nitrogen functional groups attached to an aromatic ring is 2. The summed E-state index contributed by atoms with van der Waals surface area (Å²) in [6.45, 7) is -0.348. The van der Waals surface area contributed by atoms with Crippen molar-refractivity contribution in [3.8, 4) is 0 Å². The molecule has 0 radical (unpaired) electrons. The van der Waals surface area contributed by atoms with Gasteiger partial charge in [-0.05, 0) is 0 Å². The number of aromatic amines is 1. The Morgan fingerprint density at radius 3 is 2.21 bits per heavy atom. The van der Waals surface area contributed by atoms with E-state index in [9.17, 15) is 24.6 Å². The van der Waals surface area contributed by atoms with Crippen LogP contribution in [0.15, 0.2) is 23.8 Å². The number of imidazole rings is 2. The van der Waals surface area contributed by atoms with Crippen molar-refractivity contribution in [3.05, 3.63) is 29.3 Å². The summed E-state index contributed by atoms with van der Waals surface area (Å²) in [7, 11) is 0. The molecule has 3 fully saturated rings. The van der Waals surface area contributed by atoms with Crippen molar-refractivity contribution in [2.24, 2.45) is 0 Å². The number of anilines is 2. The zero-order valence-corrected chi connectivity index (χ0v) is 22.0. The third kappa shape index (κ3) is 4.41. The Hall–Kier alpha value is -5.12. The fourth-order valence-electron chi connectivity index (χ4n) is 5.61. The first-order valence-electron chi connectivity index (χ1n) is 13.1. The number of rotatable bonds is 2. The first-order chi connectivity index (χ1) is 20.7. The van der Waals surface area contributed by atoms with Gasteiger partial charge in [-0.1, -0.05) is 0 Å². The number of carbonyl (C=O) groups is 2. The van der Waals surface area contributed by atoms with Gasteiger partial charge in [0.25, 0.3) is 5.56 Å². The predicted octanol–water partition coefficient (Wildman–Crippen LogP) is -4.01. The Labute approximate surface area is 239 Å². The van der Waals surface area contributed by atoms with Crippen LogP contribution in [0.3, 0.4) is 0 Å². The third-order valence-electron chi connectivity index (χ3n) is 7.65. The van der Waals surface area contributed by atoms with Crippen molar-refractivity contribution in [2.45, 2.75) is 49.0 Å². The molecule has 21 heteroatoms. The molecule has 4 amide bonds. The molecule has 0 aliphatic carbocycles. The highest BCUT2D eigenvalue weighted by molar-refractivity contribution is 5.81. The van der Waals surface area contributed by atoms with Gasteiger partial charge in [-0.3, -0.25) is 18.9 Å². The molecule has 226 valence electrons. The third-order valence-corrected chi connectivity index (χ3v) is 7.65. The number of fused-ring (bicyclic) bond motifs is 5. The summed E-state index contributed by atoms with van der Waals surface area (Å²) in [4.78, 5) is 61.2. The normalized spacial score (nSPS) is 31.3. The summed E-state index contributed by atoms with van der Waals surface area (Å²) in [6.07, 6.45) is -2.72. The molecule has 0 saturated carbocycles. The summed E-state index contributed by atoms with van der Waals surface area (Å²) in [6, 6.07) is -3.45. The SMILES string of the molecule is Nc1nc2c(ncn2C2OC3CNC(=O)NC4C(CNC(=O)NC2C3O)OC(n2cnc3c(N)ncnc32)C4O)c(=O)[nH]1. The van der Waals surface area contributed by atoms with Crippen LogP contribution >= 0.6 is 0 Å². The summed E-state index contributed by atoms with van der Waals surface area (Å²) in [5, 5.41) is 32.9. The molecule has 21 nitrogen and oxygen atoms in total. The number of carbonyl (C=O) groups excluding carboxylic acids is 2. The van der Waals surface area contributed by atoms with E-state index in [1.807, 2.05) is 0 Å². The average Bonchev–Trinajstić information content (AvgIpc) is 3.72. The van der Waals surface area contributed by atoms with Crippen LogP contribution in [0.2, 0.25) is 0 Å². The maximum Gasteiger partial charge on any atom is 0.315 e. The number of urea groups is 2. The number of nitrogens with zero attached hydrogens (tertiary/aromatic N) is 7. The maximum atomic E-state index is 13.1. The fourth-order valence-corrected chi connectivity index (χ4v) is 5.61. The topological polar surface area (TPSA) is 300 Å². The van der Waals surface area contributed by atoms with Gasteiger partial charge in [0.15, 0.2) is 35.1 Å². The van der Waals surface area contributed by atoms with Crippen molar-refractivity contribution in [1.82, 2.24) is 60.3 Å². The van der Waals surface area contributed by atoms with Crippen LogP contribution < -0.4 is 38.3 Å². The van der Waals surface area contributed by atoms with Crippen molar-refractivity contribution >= 4 is 46.2 Å². The summed E-state index contributed by atoms with van der Waals surface area (Å²) in [5.41, 5.74) is 11.7. The van der Waals surface area contributed by atoms with Crippen LogP contribution in [0.25, 0.3) is 22.3 Å². The molecule has 3 aliphatic heterocycles. The summed E-state index contributed by atoms with van der Waals surface area (Å²) >= 11 is 0. The van der Waals surface area contributed by atoms with Gasteiger partial charge in [-0.2, -0.15) is 4.98 Å². The lowest BCUT2D eigenvalue weighted by molar-refractivity contribution is -0.0335. The van der Waals surface area contributed by atoms with Crippen molar-refractivity contribution in [1.29, 1.82) is 0 Å². The zero-order valence-electron chi connectivity index (χ0n) is 22.0. The molecule has 2 bridgehead atoms. The number of nitrogens with one attached hydrogen (secondary N) is 5. The number of aliphatic hydroxyl groups is 2. The van der Waals surface area contributed by atoms with Crippen molar-refractivity contribution in [3.63, 3.8) is 0 Å². The number of aromatic nitrogens is 8. The molecule has 4 aromatic rings. The number of ether oxygens (including phenoxy) is 2. The van der Waals surface area contributed by atoms with E-state index in [0.717, 1.165) is 0 Å². The second kappa shape index (κ2) is 10.0. The second-order valence-corrected chi connectivity index (χ2v) is 10.2. The van der Waals surface area contributed by atoms with Crippen LogP contribution in [-0.4, -0.2) is 111 Å². The van der Waals surface area contributed by atoms with Gasteiger partial charge >= 0.3 is 12.1 Å². The van der Waals surface area contributed by atoms with E-state index in [4.69, 9.17) is 20.9 Å². The Morgan fingerprint density at radius 2 is 1.44 bits per heavy atom. The van der Waals surface area contributed by atoms with Gasteiger partial charge < -0.3 is 52.4 Å². The number of H-pyrrole nitrogens is 1. The molecule has 3 aliphatic rings. The number of hydrogen-bond acceptors (Lipinski definition) is 14. The minimum Gasteiger partial charge on any atom is -0.388 e. The molecule has 11 N–H and O–H groups in total. The molecule has 0 spiro atoms. The van der Waals surface area contributed by atoms with Gasteiger partial charge in [0.1, 0.15) is 42.3 Å². The van der Waals surface area contributed by atoms with E-state index in [-0.39, 0.29) is 36.0 Å². The standard InChI is InChI=1S/C22H26N14O7/c23-14-10-15(28-3-27-14)35(4-29-10)19-13(38)8-6(42-19)1-25-22(41)32-9-12(37)7(2-26-21(40)31-8)43-18(9)36-5-30-11-16(36)33-20(24)34-17(11)39/h3-9,12-13,18-19,37-38H,1-2H2,(H2,23,27,28)(H2,25,32,41)(H2,26,31,40)(H3,24,33,34,39). The first-order valence-corrected chi connectivity index (χ1v) is 13.1. The number of aliphatic hydroxyl groups excluding tert-OH is 2. The minimum atomic E-state index is -1.30. The van der Waals surface area contributed by atoms with E-state index in [0.29, 0.717) is 11.2 Å². The van der Waals surface area contributed by atoms with E-state index in [2.05, 4.69) is 51.2 Å². The van der Waals surface area contributed by atoms with Gasteiger partial charge in [0, 0.05) is 13.1 Å². The number of nitrogens with two attached hydrogens (primary N) is 2. The molecule has 8 atom stereocenters. The largest absolute Gasteiger partial charge is 0.388 e. The van der Waals surface area contributed by atoms with Crippen LogP contribution in [-0.2, 0) is 9.47 Å². The van der Waals surface area contributed by atoms with Gasteiger partial charge in [-0.25, -0.2) is 29.5 Å². The molecule has 7 rings (SSSR count). The second-order valence-electron chi connectivity index (χ2n) is 10.2. The maximum absolute atomic E-state index is 13.1. The smallest absolute Gasteiger partial charge is 0.315 e. The molecule has 3 saturated heterocycles. The van der Waals surface area contributed by atoms with Gasteiger partial charge in [-0.15, -0.1) is 0 Å². The van der Waals surface area contributed by atoms with Gasteiger partial charge in [0.2, 0.25) is 5.95 Å². The fraction of sp³-hybridized carbons (Fsp3) is 0.455. The van der Waals surface area contributed by atoms with Crippen molar-refractivity contribution in [2.75, 3.05) is 24.6 Å². The van der Waals surface area contributed by atoms with E-state index in [1.165, 1.54) is 28.1 Å². The zero-order chi connectivity index (χ0) is 30.0. The highest BCUT2D eigenvalue weighted by Gasteiger charge is 2.49. The lowest BCUT2D eigenvalue weighted by atomic mass is 10.1. The highest BCUT2D eigenvalue weighted by atomic mass is 16.5. The Morgan fingerprint density at radius 1 is 0.791 bits per heavy atom. The van der Waals surface area contributed by atoms with Crippen LogP contribution in [0, 0.1) is 0 Å². The lowest BCUT2D eigenvalue weighted by Gasteiger charge is -2.24. The molecule has 7 heterocycles. The predicted molar refractivity (Wildman–Crippen MR) is 143 cm³/mol. The number of hydrogen-bond donors (Lipinski definition) is 9. The van der Waals surface area contributed by atoms with E-state index >= 15 is 0 Å². The first kappa shape index (κ1) is 26.8. The Kier molecular flexibility index (Phi) is 6.23. The summed E-state index contributed by atoms with van der Waals surface area (Å²) < 4.78 is 14.9. The average molecular weight is 599 g/mol. The van der Waals surface area contributed by atoms with Crippen LogP contribution in [0.1, 0.15) is 12.5 Å². The number of amides is 4. The molecular formula is C22H26N14O7. The molecule has 4 aromatic heterocycles. The molecule has 43 heavy (non-hydrogen) atoms. The molecule has 0 aromatic carbocycles. The van der Waals surface area contributed by atoms with E-state index < -0.39 is 66.6 Å².